The Bertz CT molecular complexity index is 840. The van der Waals surface area contributed by atoms with Gasteiger partial charge in [-0.2, -0.15) is 10.4 Å². The lowest BCUT2D eigenvalue weighted by Gasteiger charge is -2.04. The number of nitriles is 1. The first-order chi connectivity index (χ1) is 10.2. The van der Waals surface area contributed by atoms with Gasteiger partial charge < -0.3 is 5.73 Å². The second-order valence-electron chi connectivity index (χ2n) is 4.84. The van der Waals surface area contributed by atoms with E-state index in [1.54, 1.807) is 16.8 Å². The number of benzene rings is 2. The van der Waals surface area contributed by atoms with E-state index in [2.05, 4.69) is 11.2 Å². The van der Waals surface area contributed by atoms with Crippen molar-refractivity contribution >= 4 is 5.82 Å². The normalized spacial score (nSPS) is 10.3. The number of aromatic nitrogens is 2. The molecule has 3 rings (SSSR count). The second-order valence-corrected chi connectivity index (χ2v) is 4.84. The Kier molecular flexibility index (Phi) is 3.17. The number of aryl methyl sites for hydroxylation is 1. The van der Waals surface area contributed by atoms with Crippen LogP contribution >= 0.6 is 0 Å². The third-order valence-corrected chi connectivity index (χ3v) is 3.38. The first-order valence-corrected chi connectivity index (χ1v) is 6.61. The number of anilines is 1. The van der Waals surface area contributed by atoms with Crippen LogP contribution in [0.15, 0.2) is 54.6 Å². The van der Waals surface area contributed by atoms with Gasteiger partial charge in [0.2, 0.25) is 0 Å². The summed E-state index contributed by atoms with van der Waals surface area (Å²) in [6, 6.07) is 19.2. The Morgan fingerprint density at radius 2 is 1.90 bits per heavy atom. The number of nitrogen functional groups attached to an aromatic ring is 1. The summed E-state index contributed by atoms with van der Waals surface area (Å²) in [4.78, 5) is 0. The third-order valence-electron chi connectivity index (χ3n) is 3.38. The van der Waals surface area contributed by atoms with Gasteiger partial charge in [0.25, 0.3) is 0 Å². The first kappa shape index (κ1) is 12.9. The Hall–Kier alpha value is -3.06. The fourth-order valence-corrected chi connectivity index (χ4v) is 2.30. The standard InChI is InChI=1S/C17H14N4/c1-12-5-2-3-8-15(12)16-10-17(19)21(20-16)14-7-4-6-13(9-14)11-18/h2-10H,19H2,1H3. The molecule has 4 heteroatoms. The van der Waals surface area contributed by atoms with Gasteiger partial charge in [0.1, 0.15) is 5.82 Å². The predicted octanol–water partition coefficient (Wildman–Crippen LogP) is 3.30. The van der Waals surface area contributed by atoms with Gasteiger partial charge in [-0.1, -0.05) is 30.3 Å². The van der Waals surface area contributed by atoms with E-state index in [4.69, 9.17) is 11.0 Å². The van der Waals surface area contributed by atoms with E-state index in [9.17, 15) is 0 Å². The van der Waals surface area contributed by atoms with Gasteiger partial charge in [0.05, 0.1) is 23.0 Å². The summed E-state index contributed by atoms with van der Waals surface area (Å²) in [5.74, 6) is 0.545. The summed E-state index contributed by atoms with van der Waals surface area (Å²) in [5, 5.41) is 13.6. The lowest BCUT2D eigenvalue weighted by Crippen LogP contribution is -2.01. The van der Waals surface area contributed by atoms with Crippen molar-refractivity contribution in [1.29, 1.82) is 5.26 Å². The van der Waals surface area contributed by atoms with Gasteiger partial charge >= 0.3 is 0 Å². The fourth-order valence-electron chi connectivity index (χ4n) is 2.30. The summed E-state index contributed by atoms with van der Waals surface area (Å²) in [6.07, 6.45) is 0. The fraction of sp³-hybridized carbons (Fsp3) is 0.0588. The van der Waals surface area contributed by atoms with Crippen LogP contribution in [-0.4, -0.2) is 9.78 Å². The van der Waals surface area contributed by atoms with Gasteiger partial charge in [0.15, 0.2) is 0 Å². The molecule has 0 atom stereocenters. The molecular formula is C17H14N4. The molecule has 0 unspecified atom stereocenters. The van der Waals surface area contributed by atoms with Crippen LogP contribution in [0.3, 0.4) is 0 Å². The largest absolute Gasteiger partial charge is 0.384 e. The second kappa shape index (κ2) is 5.14. The number of nitrogens with zero attached hydrogens (tertiary/aromatic N) is 3. The molecule has 0 radical (unpaired) electrons. The van der Waals surface area contributed by atoms with Crippen LogP contribution in [0.2, 0.25) is 0 Å². The average molecular weight is 274 g/mol. The van der Waals surface area contributed by atoms with E-state index in [-0.39, 0.29) is 0 Å². The van der Waals surface area contributed by atoms with Crippen LogP contribution in [0, 0.1) is 18.3 Å². The molecule has 0 saturated carbocycles. The monoisotopic (exact) mass is 274 g/mol. The summed E-state index contributed by atoms with van der Waals surface area (Å²) in [5.41, 5.74) is 10.5. The molecule has 0 aliphatic carbocycles. The van der Waals surface area contributed by atoms with Crippen molar-refractivity contribution in [2.45, 2.75) is 6.92 Å². The molecule has 0 fully saturated rings. The molecule has 0 aliphatic heterocycles. The molecular weight excluding hydrogens is 260 g/mol. The van der Waals surface area contributed by atoms with Gasteiger partial charge in [-0.15, -0.1) is 0 Å². The lowest BCUT2D eigenvalue weighted by atomic mass is 10.1. The first-order valence-electron chi connectivity index (χ1n) is 6.61. The number of rotatable bonds is 2. The maximum absolute atomic E-state index is 8.99. The van der Waals surface area contributed by atoms with Crippen LogP contribution in [-0.2, 0) is 0 Å². The molecule has 0 saturated heterocycles. The van der Waals surface area contributed by atoms with Crippen LogP contribution < -0.4 is 5.73 Å². The molecule has 21 heavy (non-hydrogen) atoms. The zero-order valence-corrected chi connectivity index (χ0v) is 11.6. The van der Waals surface area contributed by atoms with Crippen LogP contribution in [0.1, 0.15) is 11.1 Å². The van der Waals surface area contributed by atoms with Crippen molar-refractivity contribution in [3.63, 3.8) is 0 Å². The Balaban J connectivity index is 2.10. The SMILES string of the molecule is Cc1ccccc1-c1cc(N)n(-c2cccc(C#N)c2)n1. The molecule has 2 aromatic carbocycles. The molecule has 0 amide bonds. The highest BCUT2D eigenvalue weighted by molar-refractivity contribution is 5.67. The van der Waals surface area contributed by atoms with Crippen molar-refractivity contribution in [3.05, 3.63) is 65.7 Å². The molecule has 0 aliphatic rings. The highest BCUT2D eigenvalue weighted by Crippen LogP contribution is 2.25. The van der Waals surface area contributed by atoms with E-state index < -0.39 is 0 Å². The smallest absolute Gasteiger partial charge is 0.127 e. The van der Waals surface area contributed by atoms with E-state index in [0.29, 0.717) is 11.4 Å². The van der Waals surface area contributed by atoms with Gasteiger partial charge in [-0.25, -0.2) is 4.68 Å². The summed E-state index contributed by atoms with van der Waals surface area (Å²) in [7, 11) is 0. The lowest BCUT2D eigenvalue weighted by molar-refractivity contribution is 0.894. The highest BCUT2D eigenvalue weighted by Gasteiger charge is 2.10. The summed E-state index contributed by atoms with van der Waals surface area (Å²) in [6.45, 7) is 2.04. The highest BCUT2D eigenvalue weighted by atomic mass is 15.3. The predicted molar refractivity (Wildman–Crippen MR) is 82.9 cm³/mol. The van der Waals surface area contributed by atoms with Gasteiger partial charge in [-0.05, 0) is 30.7 Å². The molecule has 4 nitrogen and oxygen atoms in total. The summed E-state index contributed by atoms with van der Waals surface area (Å²) >= 11 is 0. The Labute approximate surface area is 123 Å². The molecule has 3 aromatic rings. The number of nitrogens with two attached hydrogens (primary N) is 1. The molecule has 1 heterocycles. The van der Waals surface area contributed by atoms with Crippen LogP contribution in [0.4, 0.5) is 5.82 Å². The van der Waals surface area contributed by atoms with Gasteiger partial charge in [0, 0.05) is 11.6 Å². The maximum Gasteiger partial charge on any atom is 0.127 e. The zero-order valence-electron chi connectivity index (χ0n) is 11.6. The van der Waals surface area contributed by atoms with Crippen molar-refractivity contribution in [2.24, 2.45) is 0 Å². The van der Waals surface area contributed by atoms with Crippen molar-refractivity contribution in [2.75, 3.05) is 5.73 Å². The van der Waals surface area contributed by atoms with Gasteiger partial charge in [-0.3, -0.25) is 0 Å². The maximum atomic E-state index is 8.99. The van der Waals surface area contributed by atoms with Crippen molar-refractivity contribution < 1.29 is 0 Å². The molecule has 102 valence electrons. The molecule has 1 aromatic heterocycles. The Morgan fingerprint density at radius 3 is 2.67 bits per heavy atom. The van der Waals surface area contributed by atoms with E-state index in [1.807, 2.05) is 49.4 Å². The molecule has 2 N–H and O–H groups in total. The summed E-state index contributed by atoms with van der Waals surface area (Å²) < 4.78 is 1.66. The minimum Gasteiger partial charge on any atom is -0.384 e. The topological polar surface area (TPSA) is 67.6 Å². The van der Waals surface area contributed by atoms with E-state index in [1.165, 1.54) is 0 Å². The molecule has 0 spiro atoms. The zero-order chi connectivity index (χ0) is 14.8. The quantitative estimate of drug-likeness (QED) is 0.779. The van der Waals surface area contributed by atoms with E-state index in [0.717, 1.165) is 22.5 Å². The van der Waals surface area contributed by atoms with Crippen LogP contribution in [0.25, 0.3) is 16.9 Å². The Morgan fingerprint density at radius 1 is 1.10 bits per heavy atom. The third kappa shape index (κ3) is 2.37. The number of hydrogen-bond donors (Lipinski definition) is 1. The van der Waals surface area contributed by atoms with Crippen molar-refractivity contribution in [3.8, 4) is 23.0 Å². The molecule has 0 bridgehead atoms. The minimum absolute atomic E-state index is 0.545. The average Bonchev–Trinajstić information content (AvgIpc) is 2.89. The van der Waals surface area contributed by atoms with E-state index >= 15 is 0 Å². The minimum atomic E-state index is 0.545. The van der Waals surface area contributed by atoms with Crippen LogP contribution in [0.5, 0.6) is 0 Å². The number of hydrogen-bond acceptors (Lipinski definition) is 3. The van der Waals surface area contributed by atoms with Crippen molar-refractivity contribution in [1.82, 2.24) is 9.78 Å².